The molecule has 1 aromatic carbocycles. The van der Waals surface area contributed by atoms with Crippen molar-refractivity contribution in [3.63, 3.8) is 0 Å². The van der Waals surface area contributed by atoms with Crippen molar-refractivity contribution in [2.75, 3.05) is 26.2 Å². The number of hydrogen-bond donors (Lipinski definition) is 1. The molecule has 1 saturated heterocycles. The van der Waals surface area contributed by atoms with E-state index in [4.69, 9.17) is 9.47 Å². The van der Waals surface area contributed by atoms with Crippen molar-refractivity contribution < 1.29 is 19.1 Å². The Kier molecular flexibility index (Phi) is 6.87. The first-order chi connectivity index (χ1) is 11.2. The highest BCUT2D eigenvalue weighted by molar-refractivity contribution is 5.71. The smallest absolute Gasteiger partial charge is 0.407 e. The van der Waals surface area contributed by atoms with Crippen molar-refractivity contribution in [3.8, 4) is 0 Å². The monoisotopic (exact) mass is 320 g/mol. The Hall–Kier alpha value is -2.08. The van der Waals surface area contributed by atoms with E-state index in [1.54, 1.807) is 6.92 Å². The quantitative estimate of drug-likeness (QED) is 0.811. The zero-order valence-corrected chi connectivity index (χ0v) is 13.5. The summed E-state index contributed by atoms with van der Waals surface area (Å²) in [7, 11) is 0. The Morgan fingerprint density at radius 2 is 1.87 bits per heavy atom. The summed E-state index contributed by atoms with van der Waals surface area (Å²) >= 11 is 0. The second-order valence-corrected chi connectivity index (χ2v) is 5.56. The molecule has 6 nitrogen and oxygen atoms in total. The number of nitrogens with one attached hydrogen (secondary N) is 1. The van der Waals surface area contributed by atoms with Gasteiger partial charge in [0.1, 0.15) is 6.61 Å². The van der Waals surface area contributed by atoms with Gasteiger partial charge in [-0.1, -0.05) is 30.3 Å². The predicted molar refractivity (Wildman–Crippen MR) is 85.9 cm³/mol. The van der Waals surface area contributed by atoms with Gasteiger partial charge < -0.3 is 14.8 Å². The summed E-state index contributed by atoms with van der Waals surface area (Å²) in [5.74, 6) is -0.193. The summed E-state index contributed by atoms with van der Waals surface area (Å²) in [6.07, 6.45) is 1.22. The number of carbonyl (C=O) groups excluding carboxylic acids is 2. The molecule has 1 heterocycles. The van der Waals surface area contributed by atoms with E-state index in [-0.39, 0.29) is 18.6 Å². The minimum Gasteiger partial charge on any atom is -0.465 e. The van der Waals surface area contributed by atoms with E-state index in [1.807, 2.05) is 35.2 Å². The van der Waals surface area contributed by atoms with Crippen molar-refractivity contribution in [2.45, 2.75) is 32.4 Å². The molecule has 1 fully saturated rings. The number of amides is 1. The normalized spacial score (nSPS) is 15.9. The number of ether oxygens (including phenoxy) is 2. The second-order valence-electron chi connectivity index (χ2n) is 5.56. The SMILES string of the molecule is CCOC(=O)CN1CCC(NC(=O)OCc2ccccc2)CC1. The topological polar surface area (TPSA) is 67.9 Å². The summed E-state index contributed by atoms with van der Waals surface area (Å²) in [5, 5.41) is 2.88. The molecule has 0 aromatic heterocycles. The third-order valence-corrected chi connectivity index (χ3v) is 3.78. The van der Waals surface area contributed by atoms with Gasteiger partial charge in [-0.25, -0.2) is 4.79 Å². The van der Waals surface area contributed by atoms with Gasteiger partial charge in [0, 0.05) is 19.1 Å². The Bertz CT molecular complexity index is 499. The molecule has 1 amide bonds. The number of likely N-dealkylation sites (tertiary alicyclic amines) is 1. The molecule has 0 unspecified atom stereocenters. The molecule has 126 valence electrons. The second kappa shape index (κ2) is 9.15. The van der Waals surface area contributed by atoms with Gasteiger partial charge in [-0.15, -0.1) is 0 Å². The molecule has 0 saturated carbocycles. The highest BCUT2D eigenvalue weighted by Crippen LogP contribution is 2.11. The van der Waals surface area contributed by atoms with Gasteiger partial charge in [-0.2, -0.15) is 0 Å². The standard InChI is InChI=1S/C17H24N2O4/c1-2-22-16(20)12-19-10-8-15(9-11-19)18-17(21)23-13-14-6-4-3-5-7-14/h3-7,15H,2,8-13H2,1H3,(H,18,21). The highest BCUT2D eigenvalue weighted by Gasteiger charge is 2.22. The maximum absolute atomic E-state index is 11.8. The van der Waals surface area contributed by atoms with E-state index in [0.717, 1.165) is 31.5 Å². The Labute approximate surface area is 136 Å². The summed E-state index contributed by atoms with van der Waals surface area (Å²) in [6, 6.07) is 9.68. The molecule has 0 bridgehead atoms. The van der Waals surface area contributed by atoms with Crippen LogP contribution < -0.4 is 5.32 Å². The van der Waals surface area contributed by atoms with Gasteiger partial charge in [0.05, 0.1) is 13.2 Å². The number of hydrogen-bond acceptors (Lipinski definition) is 5. The first-order valence-electron chi connectivity index (χ1n) is 8.02. The Morgan fingerprint density at radius 3 is 2.52 bits per heavy atom. The van der Waals surface area contributed by atoms with Crippen LogP contribution in [0.3, 0.4) is 0 Å². The molecular formula is C17H24N2O4. The van der Waals surface area contributed by atoms with E-state index >= 15 is 0 Å². The van der Waals surface area contributed by atoms with E-state index in [0.29, 0.717) is 13.2 Å². The fourth-order valence-electron chi connectivity index (χ4n) is 2.56. The highest BCUT2D eigenvalue weighted by atomic mass is 16.5. The lowest BCUT2D eigenvalue weighted by atomic mass is 10.1. The van der Waals surface area contributed by atoms with Crippen LogP contribution in [0.2, 0.25) is 0 Å². The maximum Gasteiger partial charge on any atom is 0.407 e. The molecule has 0 aliphatic carbocycles. The van der Waals surface area contributed by atoms with Gasteiger partial charge in [0.25, 0.3) is 0 Å². The fourth-order valence-corrected chi connectivity index (χ4v) is 2.56. The van der Waals surface area contributed by atoms with Crippen molar-refractivity contribution in [1.29, 1.82) is 0 Å². The molecule has 6 heteroatoms. The number of esters is 1. The van der Waals surface area contributed by atoms with Crippen molar-refractivity contribution in [1.82, 2.24) is 10.2 Å². The number of piperidine rings is 1. The van der Waals surface area contributed by atoms with Crippen LogP contribution in [0.15, 0.2) is 30.3 Å². The van der Waals surface area contributed by atoms with E-state index in [9.17, 15) is 9.59 Å². The van der Waals surface area contributed by atoms with Gasteiger partial charge >= 0.3 is 12.1 Å². The predicted octanol–water partition coefficient (Wildman–Crippen LogP) is 1.94. The number of carbonyl (C=O) groups is 2. The van der Waals surface area contributed by atoms with Crippen LogP contribution in [0.4, 0.5) is 4.79 Å². The van der Waals surface area contributed by atoms with E-state index in [1.165, 1.54) is 0 Å². The van der Waals surface area contributed by atoms with Crippen LogP contribution in [-0.4, -0.2) is 49.2 Å². The number of nitrogens with zero attached hydrogens (tertiary/aromatic N) is 1. The molecule has 23 heavy (non-hydrogen) atoms. The third kappa shape index (κ3) is 6.28. The van der Waals surface area contributed by atoms with Crippen molar-refractivity contribution in [2.24, 2.45) is 0 Å². The van der Waals surface area contributed by atoms with Crippen LogP contribution >= 0.6 is 0 Å². The lowest BCUT2D eigenvalue weighted by molar-refractivity contribution is -0.144. The van der Waals surface area contributed by atoms with Crippen LogP contribution in [0.5, 0.6) is 0 Å². The van der Waals surface area contributed by atoms with Crippen LogP contribution in [-0.2, 0) is 20.9 Å². The minimum absolute atomic E-state index is 0.0942. The Balaban J connectivity index is 1.63. The molecular weight excluding hydrogens is 296 g/mol. The summed E-state index contributed by atoms with van der Waals surface area (Å²) in [5.41, 5.74) is 0.965. The van der Waals surface area contributed by atoms with Gasteiger partial charge in [0.2, 0.25) is 0 Å². The molecule has 1 aromatic rings. The zero-order valence-electron chi connectivity index (χ0n) is 13.5. The summed E-state index contributed by atoms with van der Waals surface area (Å²) < 4.78 is 10.2. The lowest BCUT2D eigenvalue weighted by Crippen LogP contribution is -2.46. The van der Waals surface area contributed by atoms with Crippen LogP contribution in [0, 0.1) is 0 Å². The Morgan fingerprint density at radius 1 is 1.17 bits per heavy atom. The van der Waals surface area contributed by atoms with Crippen molar-refractivity contribution >= 4 is 12.1 Å². The number of alkyl carbamates (subject to hydrolysis) is 1. The van der Waals surface area contributed by atoms with Crippen LogP contribution in [0.1, 0.15) is 25.3 Å². The lowest BCUT2D eigenvalue weighted by Gasteiger charge is -2.31. The maximum atomic E-state index is 11.8. The average Bonchev–Trinajstić information content (AvgIpc) is 2.56. The largest absolute Gasteiger partial charge is 0.465 e. The first kappa shape index (κ1) is 17.3. The van der Waals surface area contributed by atoms with Gasteiger partial charge in [-0.3, -0.25) is 9.69 Å². The van der Waals surface area contributed by atoms with Gasteiger partial charge in [0.15, 0.2) is 0 Å². The molecule has 1 N–H and O–H groups in total. The average molecular weight is 320 g/mol. The zero-order chi connectivity index (χ0) is 16.5. The fraction of sp³-hybridized carbons (Fsp3) is 0.529. The minimum atomic E-state index is -0.391. The molecule has 0 spiro atoms. The molecule has 0 radical (unpaired) electrons. The summed E-state index contributed by atoms with van der Waals surface area (Å²) in [4.78, 5) is 25.3. The number of rotatable bonds is 6. The molecule has 0 atom stereocenters. The third-order valence-electron chi connectivity index (χ3n) is 3.78. The first-order valence-corrected chi connectivity index (χ1v) is 8.02. The molecule has 1 aliphatic rings. The van der Waals surface area contributed by atoms with E-state index < -0.39 is 6.09 Å². The van der Waals surface area contributed by atoms with Gasteiger partial charge in [-0.05, 0) is 25.3 Å². The van der Waals surface area contributed by atoms with Crippen LogP contribution in [0.25, 0.3) is 0 Å². The summed E-state index contributed by atoms with van der Waals surface area (Å²) in [6.45, 7) is 4.33. The van der Waals surface area contributed by atoms with E-state index in [2.05, 4.69) is 5.32 Å². The number of benzene rings is 1. The molecule has 2 rings (SSSR count). The van der Waals surface area contributed by atoms with Crippen molar-refractivity contribution in [3.05, 3.63) is 35.9 Å². The molecule has 1 aliphatic heterocycles.